The smallest absolute Gasteiger partial charge is 0.186 e. The number of hydrogen-bond donors (Lipinski definition) is 0. The fourth-order valence-electron chi connectivity index (χ4n) is 4.72. The number of fused-ring (bicyclic) bond motifs is 1. The number of rotatable bonds is 4. The molecule has 0 bridgehead atoms. The van der Waals surface area contributed by atoms with Crippen molar-refractivity contribution in [3.63, 3.8) is 0 Å². The van der Waals surface area contributed by atoms with Crippen LogP contribution in [0.1, 0.15) is 49.4 Å². The summed E-state index contributed by atoms with van der Waals surface area (Å²) in [7, 11) is 0. The van der Waals surface area contributed by atoms with E-state index in [1.165, 1.54) is 45.2 Å². The third kappa shape index (κ3) is 3.98. The van der Waals surface area contributed by atoms with Crippen LogP contribution in [-0.2, 0) is 0 Å². The Bertz CT molecular complexity index is 1050. The second-order valence-corrected chi connectivity index (χ2v) is 9.49. The van der Waals surface area contributed by atoms with Crippen molar-refractivity contribution in [1.29, 1.82) is 0 Å². The third-order valence-corrected chi connectivity index (χ3v) is 7.55. The number of carbonyl (C=O) groups is 1. The van der Waals surface area contributed by atoms with Crippen molar-refractivity contribution in [2.24, 2.45) is 0 Å². The van der Waals surface area contributed by atoms with Crippen molar-refractivity contribution in [3.05, 3.63) is 42.1 Å². The van der Waals surface area contributed by atoms with Gasteiger partial charge in [0.1, 0.15) is 5.52 Å². The Morgan fingerprint density at radius 1 is 1.07 bits per heavy atom. The summed E-state index contributed by atoms with van der Waals surface area (Å²) >= 11 is 1.75. The summed E-state index contributed by atoms with van der Waals surface area (Å²) in [4.78, 5) is 26.4. The highest BCUT2D eigenvalue weighted by molar-refractivity contribution is 7.22. The number of likely N-dealkylation sites (tertiary alicyclic amines) is 1. The van der Waals surface area contributed by atoms with Crippen LogP contribution in [0, 0.1) is 0 Å². The van der Waals surface area contributed by atoms with Gasteiger partial charge in [0.15, 0.2) is 10.9 Å². The van der Waals surface area contributed by atoms with E-state index in [2.05, 4.69) is 20.9 Å². The van der Waals surface area contributed by atoms with Crippen LogP contribution in [0.15, 0.2) is 36.5 Å². The monoisotopic (exact) mass is 420 g/mol. The zero-order valence-electron chi connectivity index (χ0n) is 17.5. The lowest BCUT2D eigenvalue weighted by Crippen LogP contribution is -2.46. The van der Waals surface area contributed by atoms with E-state index in [9.17, 15) is 4.79 Å². The molecule has 0 spiro atoms. The Kier molecular flexibility index (Phi) is 5.52. The number of thiazole rings is 1. The predicted molar refractivity (Wildman–Crippen MR) is 124 cm³/mol. The van der Waals surface area contributed by atoms with E-state index in [1.807, 2.05) is 30.5 Å². The van der Waals surface area contributed by atoms with Gasteiger partial charge in [-0.2, -0.15) is 0 Å². The molecule has 0 amide bonds. The van der Waals surface area contributed by atoms with Crippen molar-refractivity contribution in [1.82, 2.24) is 14.9 Å². The van der Waals surface area contributed by atoms with Crippen LogP contribution in [0.3, 0.4) is 0 Å². The molecule has 0 atom stereocenters. The average molecular weight is 421 g/mol. The van der Waals surface area contributed by atoms with Gasteiger partial charge >= 0.3 is 0 Å². The Labute approximate surface area is 181 Å². The highest BCUT2D eigenvalue weighted by Gasteiger charge is 2.26. The quantitative estimate of drug-likeness (QED) is 0.555. The minimum absolute atomic E-state index is 0.0750. The number of piperidine rings is 2. The number of aromatic nitrogens is 2. The van der Waals surface area contributed by atoms with Crippen molar-refractivity contribution in [2.45, 2.75) is 45.1 Å². The first-order valence-corrected chi connectivity index (χ1v) is 11.9. The van der Waals surface area contributed by atoms with Crippen LogP contribution in [0.4, 0.5) is 5.13 Å². The Morgan fingerprint density at radius 3 is 2.63 bits per heavy atom. The number of pyridine rings is 1. The predicted octanol–water partition coefficient (Wildman–Crippen LogP) is 5.02. The molecule has 0 aliphatic carbocycles. The molecule has 5 rings (SSSR count). The molecule has 0 saturated carbocycles. The van der Waals surface area contributed by atoms with Crippen molar-refractivity contribution < 1.29 is 4.79 Å². The van der Waals surface area contributed by atoms with Crippen LogP contribution >= 0.6 is 11.3 Å². The fraction of sp³-hybridized carbons (Fsp3) is 0.458. The maximum atomic E-state index is 11.7. The van der Waals surface area contributed by atoms with Gasteiger partial charge in [-0.1, -0.05) is 36.0 Å². The van der Waals surface area contributed by atoms with E-state index in [0.717, 1.165) is 51.3 Å². The number of benzene rings is 1. The summed E-state index contributed by atoms with van der Waals surface area (Å²) in [6.07, 6.45) is 8.46. The molecule has 0 unspecified atom stereocenters. The molecule has 0 N–H and O–H groups in total. The van der Waals surface area contributed by atoms with Crippen molar-refractivity contribution >= 4 is 32.5 Å². The molecule has 0 radical (unpaired) electrons. The molecule has 3 aromatic rings. The highest BCUT2D eigenvalue weighted by Crippen LogP contribution is 2.33. The molecule has 6 heteroatoms. The van der Waals surface area contributed by atoms with Crippen molar-refractivity contribution in [2.75, 3.05) is 31.1 Å². The van der Waals surface area contributed by atoms with E-state index >= 15 is 0 Å². The maximum Gasteiger partial charge on any atom is 0.186 e. The van der Waals surface area contributed by atoms with Gasteiger partial charge in [0.2, 0.25) is 0 Å². The normalized spacial score (nSPS) is 18.8. The van der Waals surface area contributed by atoms with Gasteiger partial charge in [0, 0.05) is 30.3 Å². The first-order valence-electron chi connectivity index (χ1n) is 11.0. The van der Waals surface area contributed by atoms with E-state index < -0.39 is 0 Å². The number of anilines is 1. The highest BCUT2D eigenvalue weighted by atomic mass is 32.1. The third-order valence-electron chi connectivity index (χ3n) is 6.47. The lowest BCUT2D eigenvalue weighted by Gasteiger charge is -2.40. The molecule has 30 heavy (non-hydrogen) atoms. The van der Waals surface area contributed by atoms with Gasteiger partial charge in [-0.15, -0.1) is 0 Å². The van der Waals surface area contributed by atoms with Crippen LogP contribution in [0.2, 0.25) is 0 Å². The zero-order valence-corrected chi connectivity index (χ0v) is 18.3. The molecular formula is C24H28N4OS. The number of carbonyl (C=O) groups excluding carboxylic acids is 1. The zero-order chi connectivity index (χ0) is 20.5. The van der Waals surface area contributed by atoms with Gasteiger partial charge in [0.25, 0.3) is 0 Å². The Morgan fingerprint density at radius 2 is 1.87 bits per heavy atom. The molecule has 2 saturated heterocycles. The first kappa shape index (κ1) is 19.6. The minimum Gasteiger partial charge on any atom is -0.348 e. The maximum absolute atomic E-state index is 11.7. The largest absolute Gasteiger partial charge is 0.348 e. The summed E-state index contributed by atoms with van der Waals surface area (Å²) in [5.41, 5.74) is 3.54. The molecule has 2 aliphatic rings. The summed E-state index contributed by atoms with van der Waals surface area (Å²) < 4.78 is 1.15. The van der Waals surface area contributed by atoms with E-state index in [0.29, 0.717) is 0 Å². The average Bonchev–Trinajstić information content (AvgIpc) is 3.23. The molecule has 2 fully saturated rings. The SMILES string of the molecule is CC(=O)c1cccc(-c2cc3sc(N4CCC(N5CCCCC5)CC4)nc3cn2)c1. The van der Waals surface area contributed by atoms with Crippen LogP contribution in [0.5, 0.6) is 0 Å². The van der Waals surface area contributed by atoms with Crippen LogP contribution in [-0.4, -0.2) is 52.9 Å². The molecule has 2 aliphatic heterocycles. The van der Waals surface area contributed by atoms with Gasteiger partial charge in [-0.3, -0.25) is 9.78 Å². The molecular weight excluding hydrogens is 392 g/mol. The van der Waals surface area contributed by atoms with Gasteiger partial charge < -0.3 is 9.80 Å². The molecule has 1 aromatic carbocycles. The minimum atomic E-state index is 0.0750. The molecule has 2 aromatic heterocycles. The van der Waals surface area contributed by atoms with Crippen LogP contribution in [0.25, 0.3) is 21.5 Å². The molecule has 156 valence electrons. The Balaban J connectivity index is 1.32. The lowest BCUT2D eigenvalue weighted by molar-refractivity contribution is 0.101. The van der Waals surface area contributed by atoms with E-state index in [4.69, 9.17) is 4.98 Å². The topological polar surface area (TPSA) is 49.3 Å². The van der Waals surface area contributed by atoms with Gasteiger partial charge in [-0.25, -0.2) is 4.98 Å². The summed E-state index contributed by atoms with van der Waals surface area (Å²) in [6.45, 7) is 6.33. The number of nitrogens with zero attached hydrogens (tertiary/aromatic N) is 4. The summed E-state index contributed by atoms with van der Waals surface area (Å²) in [5.74, 6) is 0.0750. The fourth-order valence-corrected chi connectivity index (χ4v) is 5.74. The van der Waals surface area contributed by atoms with Crippen LogP contribution < -0.4 is 4.90 Å². The number of ketones is 1. The number of Topliss-reactive ketones (excluding diaryl/α,β-unsaturated/α-hetero) is 1. The summed E-state index contributed by atoms with van der Waals surface area (Å²) in [5, 5.41) is 1.11. The van der Waals surface area contributed by atoms with Gasteiger partial charge in [0.05, 0.1) is 16.6 Å². The Hall–Kier alpha value is -2.31. The van der Waals surface area contributed by atoms with E-state index in [-0.39, 0.29) is 5.78 Å². The molecule has 5 nitrogen and oxygen atoms in total. The van der Waals surface area contributed by atoms with Crippen molar-refractivity contribution in [3.8, 4) is 11.3 Å². The number of hydrogen-bond acceptors (Lipinski definition) is 6. The van der Waals surface area contributed by atoms with Gasteiger partial charge in [-0.05, 0) is 57.8 Å². The lowest BCUT2D eigenvalue weighted by atomic mass is 10.0. The molecule has 4 heterocycles. The standard InChI is InChI=1S/C24H28N4OS/c1-17(29)18-6-5-7-19(14-18)21-15-23-22(16-25-21)26-24(30-23)28-12-8-20(9-13-28)27-10-3-2-4-11-27/h5-7,14-16,20H,2-4,8-13H2,1H3. The second kappa shape index (κ2) is 8.44. The summed E-state index contributed by atoms with van der Waals surface area (Å²) in [6, 6.07) is 10.6. The second-order valence-electron chi connectivity index (χ2n) is 8.49. The van der Waals surface area contributed by atoms with E-state index in [1.54, 1.807) is 18.3 Å². The first-order chi connectivity index (χ1) is 14.7.